The van der Waals surface area contributed by atoms with Gasteiger partial charge in [0.25, 0.3) is 0 Å². The second-order valence-electron chi connectivity index (χ2n) is 10.8. The number of benzene rings is 1. The molecule has 224 valence electrons. The van der Waals surface area contributed by atoms with Crippen LogP contribution in [0.15, 0.2) is 30.9 Å². The quantitative estimate of drug-likeness (QED) is 0.357. The minimum Gasteiger partial charge on any atom is -0.462 e. The second-order valence-corrected chi connectivity index (χ2v) is 10.8. The minimum absolute atomic E-state index is 0.00756. The molecule has 2 atom stereocenters. The maximum absolute atomic E-state index is 14.4. The van der Waals surface area contributed by atoms with Gasteiger partial charge in [-0.2, -0.15) is 28.4 Å². The number of aromatic nitrogens is 2. The number of carbonyl (C=O) groups excluding carboxylic acids is 1. The van der Waals surface area contributed by atoms with Crippen LogP contribution in [0, 0.1) is 17.1 Å². The van der Waals surface area contributed by atoms with Crippen molar-refractivity contribution in [2.45, 2.75) is 50.5 Å². The van der Waals surface area contributed by atoms with Gasteiger partial charge >= 0.3 is 12.2 Å². The van der Waals surface area contributed by atoms with E-state index in [0.29, 0.717) is 44.2 Å². The third-order valence-electron chi connectivity index (χ3n) is 8.28. The Balaban J connectivity index is 1.49. The molecule has 2 saturated heterocycles. The van der Waals surface area contributed by atoms with Gasteiger partial charge in [-0.25, -0.2) is 4.39 Å². The molecule has 2 aromatic rings. The Bertz CT molecular complexity index is 1380. The number of likely N-dealkylation sites (tertiary alicyclic amines) is 1. The minimum atomic E-state index is -4.86. The summed E-state index contributed by atoms with van der Waals surface area (Å²) < 4.78 is 62.0. The average molecular weight is 588 g/mol. The van der Waals surface area contributed by atoms with E-state index in [0.717, 1.165) is 31.0 Å². The SMILES string of the molecule is C=CC(=O)N1CCN(c2nc(OC[C@H]3CCCN3C)nc3c2CCN(c2cccc(F)c2C(F)(F)F)C3)CC1CC#N. The van der Waals surface area contributed by atoms with Gasteiger partial charge in [0.2, 0.25) is 5.91 Å². The van der Waals surface area contributed by atoms with E-state index in [9.17, 15) is 27.6 Å². The van der Waals surface area contributed by atoms with Crippen LogP contribution in [0.4, 0.5) is 29.1 Å². The number of piperazine rings is 1. The molecule has 1 aromatic heterocycles. The van der Waals surface area contributed by atoms with Crippen molar-refractivity contribution >= 4 is 17.4 Å². The molecule has 0 bridgehead atoms. The van der Waals surface area contributed by atoms with Crippen molar-refractivity contribution in [3.05, 3.63) is 53.5 Å². The van der Waals surface area contributed by atoms with Crippen molar-refractivity contribution in [3.8, 4) is 12.1 Å². The lowest BCUT2D eigenvalue weighted by Crippen LogP contribution is -2.55. The summed E-state index contributed by atoms with van der Waals surface area (Å²) in [6.45, 7) is 6.21. The molecule has 9 nitrogen and oxygen atoms in total. The Morgan fingerprint density at radius 3 is 2.69 bits per heavy atom. The second kappa shape index (κ2) is 12.1. The predicted molar refractivity (Wildman–Crippen MR) is 147 cm³/mol. The van der Waals surface area contributed by atoms with Crippen molar-refractivity contribution < 1.29 is 27.1 Å². The lowest BCUT2D eigenvalue weighted by molar-refractivity contribution is -0.139. The molecule has 0 aliphatic carbocycles. The Kier molecular flexibility index (Phi) is 8.54. The molecule has 1 amide bonds. The van der Waals surface area contributed by atoms with Crippen molar-refractivity contribution in [2.24, 2.45) is 0 Å². The first kappa shape index (κ1) is 29.6. The van der Waals surface area contributed by atoms with Crippen LogP contribution in [-0.2, 0) is 23.9 Å². The number of hydrogen-bond donors (Lipinski definition) is 0. The lowest BCUT2D eigenvalue weighted by atomic mass is 10.0. The zero-order chi connectivity index (χ0) is 30.0. The molecule has 0 spiro atoms. The summed E-state index contributed by atoms with van der Waals surface area (Å²) in [4.78, 5) is 29.1. The maximum atomic E-state index is 14.4. The van der Waals surface area contributed by atoms with Gasteiger partial charge in [0.05, 0.1) is 36.5 Å². The van der Waals surface area contributed by atoms with Crippen molar-refractivity contribution in [1.82, 2.24) is 19.8 Å². The van der Waals surface area contributed by atoms with E-state index in [1.54, 1.807) is 4.90 Å². The highest BCUT2D eigenvalue weighted by atomic mass is 19.4. The number of likely N-dealkylation sites (N-methyl/N-ethyl adjacent to an activating group) is 1. The van der Waals surface area contributed by atoms with Gasteiger partial charge in [-0.3, -0.25) is 4.79 Å². The molecule has 2 fully saturated rings. The standard InChI is InChI=1S/C29H33F4N7O2/c1-3-25(41)40-15-14-39(16-19(40)9-11-34)27-21-10-13-38(24-8-4-7-22(30)26(24)29(31,32)33)17-23(21)35-28(36-27)42-18-20-6-5-12-37(20)2/h3-4,7-8,19-20H,1,5-6,9-10,12-18H2,2H3/t19?,20-/m1/s1. The summed E-state index contributed by atoms with van der Waals surface area (Å²) in [5.41, 5.74) is -0.277. The number of amides is 1. The van der Waals surface area contributed by atoms with E-state index in [1.807, 2.05) is 11.9 Å². The van der Waals surface area contributed by atoms with Crippen LogP contribution < -0.4 is 14.5 Å². The number of rotatable bonds is 7. The fraction of sp³-hybridized carbons (Fsp3) is 0.517. The fourth-order valence-corrected chi connectivity index (χ4v) is 6.07. The van der Waals surface area contributed by atoms with Gasteiger partial charge in [-0.05, 0) is 51.1 Å². The Labute approximate surface area is 242 Å². The van der Waals surface area contributed by atoms with E-state index in [2.05, 4.69) is 22.5 Å². The van der Waals surface area contributed by atoms with E-state index in [-0.39, 0.29) is 43.2 Å². The number of halogens is 4. The largest absolute Gasteiger partial charge is 0.462 e. The highest BCUT2D eigenvalue weighted by Crippen LogP contribution is 2.40. The van der Waals surface area contributed by atoms with Crippen LogP contribution in [0.2, 0.25) is 0 Å². The van der Waals surface area contributed by atoms with E-state index < -0.39 is 23.6 Å². The van der Waals surface area contributed by atoms with Gasteiger partial charge in [0.15, 0.2) is 0 Å². The summed E-state index contributed by atoms with van der Waals surface area (Å²) in [6, 6.07) is 5.42. The number of nitrogens with zero attached hydrogens (tertiary/aromatic N) is 7. The zero-order valence-electron chi connectivity index (χ0n) is 23.4. The van der Waals surface area contributed by atoms with Gasteiger partial charge in [-0.1, -0.05) is 12.6 Å². The lowest BCUT2D eigenvalue weighted by Gasteiger charge is -2.42. The zero-order valence-corrected chi connectivity index (χ0v) is 23.4. The first-order chi connectivity index (χ1) is 20.1. The fourth-order valence-electron chi connectivity index (χ4n) is 6.07. The first-order valence-corrected chi connectivity index (χ1v) is 14.0. The van der Waals surface area contributed by atoms with Gasteiger partial charge in [0.1, 0.15) is 23.8 Å². The van der Waals surface area contributed by atoms with Crippen LogP contribution >= 0.6 is 0 Å². The van der Waals surface area contributed by atoms with Crippen LogP contribution in [0.1, 0.15) is 36.1 Å². The van der Waals surface area contributed by atoms with Crippen molar-refractivity contribution in [2.75, 3.05) is 56.2 Å². The average Bonchev–Trinajstić information content (AvgIpc) is 3.38. The molecular formula is C29H33F4N7O2. The monoisotopic (exact) mass is 587 g/mol. The van der Waals surface area contributed by atoms with Crippen LogP contribution in [-0.4, -0.2) is 84.1 Å². The molecule has 0 N–H and O–H groups in total. The highest BCUT2D eigenvalue weighted by Gasteiger charge is 2.40. The molecule has 3 aliphatic heterocycles. The van der Waals surface area contributed by atoms with E-state index in [4.69, 9.17) is 9.72 Å². The third-order valence-corrected chi connectivity index (χ3v) is 8.28. The molecule has 4 heterocycles. The Morgan fingerprint density at radius 2 is 2.00 bits per heavy atom. The molecule has 5 rings (SSSR count). The summed E-state index contributed by atoms with van der Waals surface area (Å²) in [5, 5.41) is 9.42. The number of alkyl halides is 3. The molecule has 3 aliphatic rings. The highest BCUT2D eigenvalue weighted by molar-refractivity contribution is 5.87. The Hall–Kier alpha value is -3.92. The smallest absolute Gasteiger partial charge is 0.421 e. The van der Waals surface area contributed by atoms with Crippen molar-refractivity contribution in [3.63, 3.8) is 0 Å². The predicted octanol–water partition coefficient (Wildman–Crippen LogP) is 3.79. The number of fused-ring (bicyclic) bond motifs is 1. The first-order valence-electron chi connectivity index (χ1n) is 14.0. The summed E-state index contributed by atoms with van der Waals surface area (Å²) in [5.74, 6) is -0.997. The van der Waals surface area contributed by atoms with Crippen LogP contribution in [0.25, 0.3) is 0 Å². The van der Waals surface area contributed by atoms with Gasteiger partial charge in [0, 0.05) is 37.8 Å². The summed E-state index contributed by atoms with van der Waals surface area (Å²) in [7, 11) is 2.02. The van der Waals surface area contributed by atoms with Crippen molar-refractivity contribution in [1.29, 1.82) is 5.26 Å². The number of anilines is 2. The van der Waals surface area contributed by atoms with Gasteiger partial charge < -0.3 is 24.3 Å². The van der Waals surface area contributed by atoms with Gasteiger partial charge in [-0.15, -0.1) is 0 Å². The van der Waals surface area contributed by atoms with Crippen LogP contribution in [0.3, 0.4) is 0 Å². The van der Waals surface area contributed by atoms with E-state index >= 15 is 0 Å². The van der Waals surface area contributed by atoms with E-state index in [1.165, 1.54) is 23.1 Å². The molecule has 0 saturated carbocycles. The Morgan fingerprint density at radius 1 is 1.19 bits per heavy atom. The third kappa shape index (κ3) is 5.99. The number of hydrogen-bond acceptors (Lipinski definition) is 8. The molecule has 1 unspecified atom stereocenters. The molecule has 1 aromatic carbocycles. The molecule has 13 heteroatoms. The molecular weight excluding hydrogens is 554 g/mol. The summed E-state index contributed by atoms with van der Waals surface area (Å²) >= 11 is 0. The topological polar surface area (TPSA) is 88.8 Å². The molecule has 0 radical (unpaired) electrons. The summed E-state index contributed by atoms with van der Waals surface area (Å²) in [6.07, 6.45) is -1.17. The normalized spacial score (nSPS) is 21.2. The molecule has 42 heavy (non-hydrogen) atoms. The number of carbonyl (C=O) groups is 1. The number of ether oxygens (including phenoxy) is 1. The maximum Gasteiger partial charge on any atom is 0.421 e. The van der Waals surface area contributed by atoms with Crippen LogP contribution in [0.5, 0.6) is 6.01 Å². The number of nitriles is 1.